The minimum absolute atomic E-state index is 0. The van der Waals surface area contributed by atoms with E-state index >= 15 is 0 Å². The number of halogens is 1. The summed E-state index contributed by atoms with van der Waals surface area (Å²) in [6.45, 7) is 0. The molecule has 0 atom stereocenters. The van der Waals surface area contributed by atoms with Crippen LogP contribution in [0.4, 0.5) is 0 Å². The molecule has 0 aromatic carbocycles. The Kier molecular flexibility index (Phi) is 9.10. The van der Waals surface area contributed by atoms with E-state index in [1.54, 1.807) is 18.7 Å². The summed E-state index contributed by atoms with van der Waals surface area (Å²) in [6.07, 6.45) is 5.08. The van der Waals surface area contributed by atoms with Gasteiger partial charge >= 0.3 is 0 Å². The Balaban J connectivity index is 0. The number of rotatable bonds is 0. The van der Waals surface area contributed by atoms with Crippen LogP contribution in [0.15, 0.2) is 18.7 Å². The zero-order valence-corrected chi connectivity index (χ0v) is 5.97. The van der Waals surface area contributed by atoms with Gasteiger partial charge in [0.25, 0.3) is 0 Å². The zero-order chi connectivity index (χ0) is 3.54. The van der Waals surface area contributed by atoms with Crippen LogP contribution in [0.25, 0.3) is 0 Å². The third-order valence-electron chi connectivity index (χ3n) is 0.406. The largest absolute Gasteiger partial charge is 0.351 e. The second-order valence-electron chi connectivity index (χ2n) is 0.761. The fraction of sp³-hybridized carbons (Fsp3) is 0. The molecule has 0 spiro atoms. The molecule has 0 radical (unpaired) electrons. The van der Waals surface area contributed by atoms with Gasteiger partial charge in [0.1, 0.15) is 0 Å². The van der Waals surface area contributed by atoms with Crippen LogP contribution in [-0.4, -0.2) is 9.97 Å². The normalized spacial score (nSPS) is 5.71. The number of aromatic amines is 1. The van der Waals surface area contributed by atoms with Crippen molar-refractivity contribution in [1.82, 2.24) is 9.97 Å². The number of nitrogens with one attached hydrogen (secondary N) is 1. The maximum Gasteiger partial charge on any atom is 0.0919 e. The van der Waals surface area contributed by atoms with Crippen molar-refractivity contribution in [3.8, 4) is 0 Å². The SMILES string of the molecule is Cl.[Ti].c1c[nH]cn1. The van der Waals surface area contributed by atoms with E-state index in [2.05, 4.69) is 9.97 Å². The van der Waals surface area contributed by atoms with Gasteiger partial charge in [0.15, 0.2) is 0 Å². The van der Waals surface area contributed by atoms with Crippen LogP contribution in [-0.2, 0) is 21.7 Å². The molecular weight excluding hydrogens is 147 g/mol. The summed E-state index contributed by atoms with van der Waals surface area (Å²) in [4.78, 5) is 6.42. The summed E-state index contributed by atoms with van der Waals surface area (Å²) >= 11 is 0. The van der Waals surface area contributed by atoms with E-state index in [1.165, 1.54) is 0 Å². The van der Waals surface area contributed by atoms with Crippen molar-refractivity contribution >= 4 is 12.4 Å². The van der Waals surface area contributed by atoms with Gasteiger partial charge in [0, 0.05) is 34.1 Å². The van der Waals surface area contributed by atoms with E-state index in [1.807, 2.05) is 0 Å². The van der Waals surface area contributed by atoms with Gasteiger partial charge < -0.3 is 4.98 Å². The number of aromatic nitrogens is 2. The van der Waals surface area contributed by atoms with Crippen molar-refractivity contribution in [1.29, 1.82) is 0 Å². The number of imidazole rings is 1. The first-order chi connectivity index (χ1) is 2.50. The minimum atomic E-state index is 0. The number of hydrogen-bond donors (Lipinski definition) is 1. The van der Waals surface area contributed by atoms with Crippen molar-refractivity contribution in [2.45, 2.75) is 0 Å². The summed E-state index contributed by atoms with van der Waals surface area (Å²) in [6, 6.07) is 0. The summed E-state index contributed by atoms with van der Waals surface area (Å²) in [5.41, 5.74) is 0. The van der Waals surface area contributed by atoms with Crippen LogP contribution in [0.3, 0.4) is 0 Å². The van der Waals surface area contributed by atoms with E-state index in [4.69, 9.17) is 0 Å². The van der Waals surface area contributed by atoms with Crippen molar-refractivity contribution < 1.29 is 21.7 Å². The molecule has 0 aliphatic rings. The Hall–Kier alpha value is 0.214. The molecule has 0 aliphatic carbocycles. The van der Waals surface area contributed by atoms with Crippen LogP contribution in [0.2, 0.25) is 0 Å². The molecule has 0 saturated heterocycles. The van der Waals surface area contributed by atoms with Gasteiger partial charge in [-0.05, 0) is 0 Å². The Morgan fingerprint density at radius 1 is 1.43 bits per heavy atom. The second kappa shape index (κ2) is 6.21. The number of H-pyrrole nitrogens is 1. The first kappa shape index (κ1) is 10.2. The fourth-order valence-electron chi connectivity index (χ4n) is 0.215. The minimum Gasteiger partial charge on any atom is -0.351 e. The van der Waals surface area contributed by atoms with Crippen LogP contribution in [0, 0.1) is 0 Å². The van der Waals surface area contributed by atoms with E-state index in [-0.39, 0.29) is 34.1 Å². The average molecular weight is 152 g/mol. The first-order valence-corrected chi connectivity index (χ1v) is 1.43. The molecule has 1 rings (SSSR count). The molecule has 1 heterocycles. The summed E-state index contributed by atoms with van der Waals surface area (Å²) in [5, 5.41) is 0. The zero-order valence-electron chi connectivity index (χ0n) is 3.59. The van der Waals surface area contributed by atoms with Gasteiger partial charge in [-0.1, -0.05) is 0 Å². The Labute approximate surface area is 63.0 Å². The van der Waals surface area contributed by atoms with Crippen molar-refractivity contribution in [3.05, 3.63) is 18.7 Å². The Morgan fingerprint density at radius 2 is 2.14 bits per heavy atom. The molecule has 7 heavy (non-hydrogen) atoms. The van der Waals surface area contributed by atoms with Gasteiger partial charge in [-0.3, -0.25) is 0 Å². The van der Waals surface area contributed by atoms with Crippen molar-refractivity contribution in [2.75, 3.05) is 0 Å². The summed E-state index contributed by atoms with van der Waals surface area (Å²) in [7, 11) is 0. The fourth-order valence-corrected chi connectivity index (χ4v) is 0.215. The van der Waals surface area contributed by atoms with Gasteiger partial charge in [0.2, 0.25) is 0 Å². The van der Waals surface area contributed by atoms with Crippen LogP contribution < -0.4 is 0 Å². The molecule has 2 nitrogen and oxygen atoms in total. The van der Waals surface area contributed by atoms with Gasteiger partial charge in [0.05, 0.1) is 6.33 Å². The van der Waals surface area contributed by atoms with Crippen LogP contribution in [0.1, 0.15) is 0 Å². The van der Waals surface area contributed by atoms with Gasteiger partial charge in [-0.15, -0.1) is 12.4 Å². The predicted molar refractivity (Wildman–Crippen MR) is 25.8 cm³/mol. The quantitative estimate of drug-likeness (QED) is 0.548. The van der Waals surface area contributed by atoms with E-state index in [0.29, 0.717) is 0 Å². The maximum absolute atomic E-state index is 3.67. The number of nitrogens with zero attached hydrogens (tertiary/aromatic N) is 1. The molecule has 0 aliphatic heterocycles. The smallest absolute Gasteiger partial charge is 0.0919 e. The Morgan fingerprint density at radius 3 is 2.29 bits per heavy atom. The molecule has 0 unspecified atom stereocenters. The standard InChI is InChI=1S/C3H4N2.ClH.Ti/c1-2-5-3-4-1;;/h1-3H,(H,4,5);1H;. The molecule has 0 amide bonds. The monoisotopic (exact) mass is 152 g/mol. The number of hydrogen-bond acceptors (Lipinski definition) is 1. The van der Waals surface area contributed by atoms with E-state index < -0.39 is 0 Å². The van der Waals surface area contributed by atoms with Crippen molar-refractivity contribution in [2.24, 2.45) is 0 Å². The van der Waals surface area contributed by atoms with Crippen LogP contribution >= 0.6 is 12.4 Å². The van der Waals surface area contributed by atoms with Crippen molar-refractivity contribution in [3.63, 3.8) is 0 Å². The second-order valence-corrected chi connectivity index (χ2v) is 0.761. The topological polar surface area (TPSA) is 28.7 Å². The summed E-state index contributed by atoms with van der Waals surface area (Å²) < 4.78 is 0. The maximum atomic E-state index is 3.67. The third kappa shape index (κ3) is 4.06. The predicted octanol–water partition coefficient (Wildman–Crippen LogP) is 0.829. The van der Waals surface area contributed by atoms with E-state index in [9.17, 15) is 0 Å². The molecular formula is C3H5ClN2Ti. The van der Waals surface area contributed by atoms with Gasteiger partial charge in [-0.2, -0.15) is 0 Å². The van der Waals surface area contributed by atoms with E-state index in [0.717, 1.165) is 0 Å². The molecule has 1 aromatic heterocycles. The molecule has 4 heteroatoms. The molecule has 38 valence electrons. The first-order valence-electron chi connectivity index (χ1n) is 1.43. The molecule has 0 bridgehead atoms. The summed E-state index contributed by atoms with van der Waals surface area (Å²) in [5.74, 6) is 0. The van der Waals surface area contributed by atoms with Crippen LogP contribution in [0.5, 0.6) is 0 Å². The molecule has 1 N–H and O–H groups in total. The third-order valence-corrected chi connectivity index (χ3v) is 0.406. The molecule has 1 aromatic rings. The Bertz CT molecular complexity index is 69.4. The molecule has 0 saturated carbocycles. The molecule has 0 fully saturated rings. The average Bonchev–Trinajstić information content (AvgIpc) is 1.76. The van der Waals surface area contributed by atoms with Gasteiger partial charge in [-0.25, -0.2) is 4.98 Å².